The first-order valence-electron chi connectivity index (χ1n) is 5.17. The molecule has 1 heterocycles. The minimum Gasteiger partial charge on any atom is -0.481 e. The Hall–Kier alpha value is -1.29. The summed E-state index contributed by atoms with van der Waals surface area (Å²) in [5.74, 6) is 0.596. The van der Waals surface area contributed by atoms with Crippen LogP contribution in [-0.2, 0) is 0 Å². The second-order valence-corrected chi connectivity index (χ2v) is 3.35. The molecule has 84 valence electrons. The molecule has 0 saturated carbocycles. The summed E-state index contributed by atoms with van der Waals surface area (Å²) in [5.41, 5.74) is 0.974. The third kappa shape index (κ3) is 3.75. The van der Waals surface area contributed by atoms with Crippen molar-refractivity contribution in [2.24, 2.45) is 0 Å². The van der Waals surface area contributed by atoms with E-state index in [0.717, 1.165) is 18.5 Å². The zero-order chi connectivity index (χ0) is 11.1. The average Bonchev–Trinajstić information content (AvgIpc) is 2.29. The Kier molecular flexibility index (Phi) is 4.90. The highest BCUT2D eigenvalue weighted by Crippen LogP contribution is 2.15. The van der Waals surface area contributed by atoms with Gasteiger partial charge in [-0.1, -0.05) is 6.92 Å². The van der Waals surface area contributed by atoms with Crippen molar-refractivity contribution in [3.8, 4) is 5.88 Å². The van der Waals surface area contributed by atoms with Gasteiger partial charge in [-0.15, -0.1) is 0 Å². The summed E-state index contributed by atoms with van der Waals surface area (Å²) >= 11 is 0. The Morgan fingerprint density at radius 2 is 2.40 bits per heavy atom. The van der Waals surface area contributed by atoms with Crippen molar-refractivity contribution in [3.05, 3.63) is 18.3 Å². The summed E-state index contributed by atoms with van der Waals surface area (Å²) in [6.07, 6.45) is 3.43. The van der Waals surface area contributed by atoms with E-state index in [1.165, 1.54) is 0 Å². The molecule has 1 atom stereocenters. The molecule has 0 spiro atoms. The molecule has 1 unspecified atom stereocenters. The lowest BCUT2D eigenvalue weighted by Gasteiger charge is -2.17. The predicted octanol–water partition coefficient (Wildman–Crippen LogP) is 1.66. The normalized spacial score (nSPS) is 12.2. The molecule has 1 aromatic rings. The molecule has 0 aliphatic rings. The van der Waals surface area contributed by atoms with Gasteiger partial charge in [-0.05, 0) is 18.9 Å². The van der Waals surface area contributed by atoms with E-state index < -0.39 is 0 Å². The van der Waals surface area contributed by atoms with Crippen molar-refractivity contribution in [2.45, 2.75) is 25.8 Å². The van der Waals surface area contributed by atoms with Crippen LogP contribution in [-0.4, -0.2) is 29.8 Å². The van der Waals surface area contributed by atoms with Crippen molar-refractivity contribution in [1.82, 2.24) is 4.98 Å². The molecule has 4 nitrogen and oxygen atoms in total. The molecule has 0 bridgehead atoms. The molecule has 15 heavy (non-hydrogen) atoms. The Balaban J connectivity index is 2.61. The van der Waals surface area contributed by atoms with Crippen LogP contribution in [0, 0.1) is 0 Å². The number of nitrogens with one attached hydrogen (secondary N) is 1. The van der Waals surface area contributed by atoms with Crippen LogP contribution < -0.4 is 10.1 Å². The monoisotopic (exact) mass is 210 g/mol. The molecule has 2 N–H and O–H groups in total. The van der Waals surface area contributed by atoms with Crippen molar-refractivity contribution in [3.63, 3.8) is 0 Å². The van der Waals surface area contributed by atoms with Crippen molar-refractivity contribution >= 4 is 5.69 Å². The summed E-state index contributed by atoms with van der Waals surface area (Å²) < 4.78 is 5.03. The second-order valence-electron chi connectivity index (χ2n) is 3.35. The van der Waals surface area contributed by atoms with Crippen LogP contribution in [0.5, 0.6) is 5.88 Å². The molecule has 0 fully saturated rings. The molecule has 4 heteroatoms. The fourth-order valence-corrected chi connectivity index (χ4v) is 1.38. The molecule has 0 saturated heterocycles. The number of ether oxygens (including phenoxy) is 1. The maximum atomic E-state index is 8.87. The average molecular weight is 210 g/mol. The van der Waals surface area contributed by atoms with E-state index in [0.29, 0.717) is 11.9 Å². The predicted molar refractivity (Wildman–Crippen MR) is 60.2 cm³/mol. The summed E-state index contributed by atoms with van der Waals surface area (Å²) in [6.45, 7) is 2.29. The van der Waals surface area contributed by atoms with Gasteiger partial charge in [0.25, 0.3) is 0 Å². The first-order valence-corrected chi connectivity index (χ1v) is 5.17. The van der Waals surface area contributed by atoms with Crippen molar-refractivity contribution < 1.29 is 9.84 Å². The highest BCUT2D eigenvalue weighted by molar-refractivity contribution is 5.45. The number of aromatic nitrogens is 1. The molecular weight excluding hydrogens is 192 g/mol. The third-order valence-electron chi connectivity index (χ3n) is 2.29. The molecule has 1 rings (SSSR count). The van der Waals surface area contributed by atoms with Gasteiger partial charge >= 0.3 is 0 Å². The van der Waals surface area contributed by atoms with Crippen molar-refractivity contribution in [2.75, 3.05) is 19.0 Å². The van der Waals surface area contributed by atoms with E-state index in [4.69, 9.17) is 9.84 Å². The molecule has 0 aromatic carbocycles. The molecule has 1 aromatic heterocycles. The van der Waals surface area contributed by atoms with Gasteiger partial charge in [0.1, 0.15) is 0 Å². The largest absolute Gasteiger partial charge is 0.481 e. The van der Waals surface area contributed by atoms with E-state index in [2.05, 4.69) is 17.2 Å². The zero-order valence-corrected chi connectivity index (χ0v) is 9.23. The van der Waals surface area contributed by atoms with Gasteiger partial charge in [0.2, 0.25) is 5.88 Å². The van der Waals surface area contributed by atoms with Gasteiger partial charge in [0, 0.05) is 30.6 Å². The highest BCUT2D eigenvalue weighted by atomic mass is 16.5. The van der Waals surface area contributed by atoms with Crippen molar-refractivity contribution in [1.29, 1.82) is 0 Å². The molecule has 0 aliphatic carbocycles. The second kappa shape index (κ2) is 6.24. The van der Waals surface area contributed by atoms with Gasteiger partial charge in [-0.2, -0.15) is 0 Å². The summed E-state index contributed by atoms with van der Waals surface area (Å²) in [5, 5.41) is 12.2. The van der Waals surface area contributed by atoms with Crippen LogP contribution >= 0.6 is 0 Å². The van der Waals surface area contributed by atoms with E-state index in [1.54, 1.807) is 13.3 Å². The number of nitrogens with zero attached hydrogens (tertiary/aromatic N) is 1. The van der Waals surface area contributed by atoms with Gasteiger partial charge in [-0.25, -0.2) is 4.98 Å². The van der Waals surface area contributed by atoms with Crippen LogP contribution in [0.15, 0.2) is 18.3 Å². The van der Waals surface area contributed by atoms with Gasteiger partial charge in [-0.3, -0.25) is 0 Å². The number of methoxy groups -OCH3 is 1. The Bertz CT molecular complexity index is 292. The number of aliphatic hydroxyl groups excluding tert-OH is 1. The van der Waals surface area contributed by atoms with Crippen LogP contribution in [0.2, 0.25) is 0 Å². The van der Waals surface area contributed by atoms with Gasteiger partial charge in [0.15, 0.2) is 0 Å². The number of aliphatic hydroxyl groups is 1. The Labute approximate surface area is 90.3 Å². The van der Waals surface area contributed by atoms with Crippen LogP contribution in [0.4, 0.5) is 5.69 Å². The maximum Gasteiger partial charge on any atom is 0.214 e. The standard InChI is InChI=1S/C11H18N2O2/c1-3-9(5-7-14)13-10-4-6-12-11(8-10)15-2/h4,6,8-9,14H,3,5,7H2,1-2H3,(H,12,13). The van der Waals surface area contributed by atoms with E-state index in [9.17, 15) is 0 Å². The minimum absolute atomic E-state index is 0.202. The summed E-state index contributed by atoms with van der Waals surface area (Å²) in [7, 11) is 1.59. The summed E-state index contributed by atoms with van der Waals surface area (Å²) in [6, 6.07) is 4.03. The molecule has 0 amide bonds. The number of hydrogen-bond donors (Lipinski definition) is 2. The Morgan fingerprint density at radius 1 is 1.60 bits per heavy atom. The Morgan fingerprint density at radius 3 is 3.00 bits per heavy atom. The number of anilines is 1. The number of hydrogen-bond acceptors (Lipinski definition) is 4. The fourth-order valence-electron chi connectivity index (χ4n) is 1.38. The SMILES string of the molecule is CCC(CCO)Nc1ccnc(OC)c1. The molecule has 0 aliphatic heterocycles. The summed E-state index contributed by atoms with van der Waals surface area (Å²) in [4.78, 5) is 4.03. The lowest BCUT2D eigenvalue weighted by atomic mass is 10.1. The highest BCUT2D eigenvalue weighted by Gasteiger charge is 2.05. The maximum absolute atomic E-state index is 8.87. The van der Waals surface area contributed by atoms with E-state index >= 15 is 0 Å². The number of rotatable bonds is 6. The topological polar surface area (TPSA) is 54.4 Å². The fraction of sp³-hybridized carbons (Fsp3) is 0.545. The van der Waals surface area contributed by atoms with Gasteiger partial charge < -0.3 is 15.2 Å². The molecular formula is C11H18N2O2. The third-order valence-corrected chi connectivity index (χ3v) is 2.29. The van der Waals surface area contributed by atoms with E-state index in [-0.39, 0.29) is 6.61 Å². The van der Waals surface area contributed by atoms with Gasteiger partial charge in [0.05, 0.1) is 7.11 Å². The molecule has 0 radical (unpaired) electrons. The number of pyridine rings is 1. The lowest BCUT2D eigenvalue weighted by molar-refractivity contribution is 0.278. The lowest BCUT2D eigenvalue weighted by Crippen LogP contribution is -2.19. The minimum atomic E-state index is 0.202. The zero-order valence-electron chi connectivity index (χ0n) is 9.23. The van der Waals surface area contributed by atoms with Crippen LogP contribution in [0.25, 0.3) is 0 Å². The smallest absolute Gasteiger partial charge is 0.214 e. The van der Waals surface area contributed by atoms with Crippen LogP contribution in [0.3, 0.4) is 0 Å². The first kappa shape index (κ1) is 11.8. The quantitative estimate of drug-likeness (QED) is 0.749. The first-order chi connectivity index (χ1) is 7.30. The van der Waals surface area contributed by atoms with Crippen LogP contribution in [0.1, 0.15) is 19.8 Å². The van der Waals surface area contributed by atoms with E-state index in [1.807, 2.05) is 12.1 Å².